The third kappa shape index (κ3) is 3.85. The fourth-order valence-corrected chi connectivity index (χ4v) is 4.43. The van der Waals surface area contributed by atoms with Crippen LogP contribution in [0.15, 0.2) is 59.2 Å². The summed E-state index contributed by atoms with van der Waals surface area (Å²) in [4.78, 5) is 19.7. The third-order valence-corrected chi connectivity index (χ3v) is 5.75. The molecule has 4 nitrogen and oxygen atoms in total. The molecule has 0 saturated heterocycles. The van der Waals surface area contributed by atoms with Gasteiger partial charge in [0.25, 0.3) is 0 Å². The van der Waals surface area contributed by atoms with Crippen molar-refractivity contribution in [1.29, 1.82) is 0 Å². The summed E-state index contributed by atoms with van der Waals surface area (Å²) in [6.45, 7) is 6.55. The Morgan fingerprint density at radius 1 is 1.07 bits per heavy atom. The van der Waals surface area contributed by atoms with Crippen LogP contribution in [0.5, 0.6) is 0 Å². The van der Waals surface area contributed by atoms with Gasteiger partial charge in [0.15, 0.2) is 5.13 Å². The number of benzene rings is 2. The number of fused-ring (bicyclic) bond motifs is 1. The minimum Gasteiger partial charge on any atom is -0.467 e. The summed E-state index contributed by atoms with van der Waals surface area (Å²) in [5, 5.41) is 0.706. The van der Waals surface area contributed by atoms with E-state index in [-0.39, 0.29) is 5.91 Å². The lowest BCUT2D eigenvalue weighted by atomic mass is 10.1. The first-order valence-corrected chi connectivity index (χ1v) is 10.1. The van der Waals surface area contributed by atoms with Crippen LogP contribution >= 0.6 is 11.3 Å². The molecule has 4 rings (SSSR count). The Labute approximate surface area is 168 Å². The maximum absolute atomic E-state index is 13.2. The van der Waals surface area contributed by atoms with Gasteiger partial charge in [0.2, 0.25) is 5.91 Å². The van der Waals surface area contributed by atoms with Gasteiger partial charge in [0.1, 0.15) is 5.76 Å². The number of hydrogen-bond donors (Lipinski definition) is 0. The quantitative estimate of drug-likeness (QED) is 0.446. The van der Waals surface area contributed by atoms with Crippen LogP contribution in [-0.2, 0) is 17.8 Å². The molecule has 0 atom stereocenters. The van der Waals surface area contributed by atoms with E-state index in [4.69, 9.17) is 9.40 Å². The first-order chi connectivity index (χ1) is 13.5. The summed E-state index contributed by atoms with van der Waals surface area (Å²) in [5.74, 6) is 0.748. The van der Waals surface area contributed by atoms with Crippen molar-refractivity contribution in [2.75, 3.05) is 4.90 Å². The molecule has 2 heterocycles. The van der Waals surface area contributed by atoms with E-state index < -0.39 is 0 Å². The van der Waals surface area contributed by atoms with Gasteiger partial charge in [-0.25, -0.2) is 4.98 Å². The zero-order valence-corrected chi connectivity index (χ0v) is 17.0. The normalized spacial score (nSPS) is 11.1. The molecule has 0 saturated carbocycles. The van der Waals surface area contributed by atoms with Crippen molar-refractivity contribution in [1.82, 2.24) is 4.98 Å². The van der Waals surface area contributed by atoms with Gasteiger partial charge in [-0.2, -0.15) is 0 Å². The summed E-state index contributed by atoms with van der Waals surface area (Å²) in [6.07, 6.45) is 1.96. The molecular weight excluding hydrogens is 368 g/mol. The van der Waals surface area contributed by atoms with Crippen molar-refractivity contribution in [3.05, 3.63) is 82.8 Å². The lowest BCUT2D eigenvalue weighted by molar-refractivity contribution is -0.118. The second-order valence-electron chi connectivity index (χ2n) is 7.15. The Balaban J connectivity index is 1.69. The molecule has 0 bridgehead atoms. The van der Waals surface area contributed by atoms with Crippen LogP contribution in [0.3, 0.4) is 0 Å². The lowest BCUT2D eigenvalue weighted by Crippen LogP contribution is -2.31. The highest BCUT2D eigenvalue weighted by molar-refractivity contribution is 7.22. The third-order valence-electron chi connectivity index (χ3n) is 4.72. The zero-order valence-electron chi connectivity index (χ0n) is 16.2. The van der Waals surface area contributed by atoms with E-state index in [0.29, 0.717) is 18.1 Å². The van der Waals surface area contributed by atoms with E-state index >= 15 is 0 Å². The summed E-state index contributed by atoms with van der Waals surface area (Å²) in [7, 11) is 0. The highest BCUT2D eigenvalue weighted by Crippen LogP contribution is 2.33. The SMILES string of the molecule is Cc1ccc(CC(=O)N(Cc2ccco2)c2nc3c(C)cc(C)cc3s2)cc1. The van der Waals surface area contributed by atoms with Gasteiger partial charge in [0.05, 0.1) is 29.4 Å². The molecular formula is C23H22N2O2S. The topological polar surface area (TPSA) is 46.3 Å². The molecule has 4 aromatic rings. The Kier molecular flexibility index (Phi) is 5.01. The second kappa shape index (κ2) is 7.60. The van der Waals surface area contributed by atoms with Crippen molar-refractivity contribution in [2.45, 2.75) is 33.7 Å². The number of rotatable bonds is 5. The fraction of sp³-hybridized carbons (Fsp3) is 0.217. The summed E-state index contributed by atoms with van der Waals surface area (Å²) < 4.78 is 6.60. The van der Waals surface area contributed by atoms with Gasteiger partial charge >= 0.3 is 0 Å². The van der Waals surface area contributed by atoms with Gasteiger partial charge in [-0.05, 0) is 55.7 Å². The minimum absolute atomic E-state index is 0.00804. The van der Waals surface area contributed by atoms with Gasteiger partial charge in [-0.1, -0.05) is 47.2 Å². The Morgan fingerprint density at radius 3 is 2.57 bits per heavy atom. The van der Waals surface area contributed by atoms with Crippen LogP contribution in [0, 0.1) is 20.8 Å². The number of carbonyl (C=O) groups is 1. The first-order valence-electron chi connectivity index (χ1n) is 9.25. The molecule has 0 fully saturated rings. The number of carbonyl (C=O) groups excluding carboxylic acids is 1. The number of furan rings is 1. The molecule has 1 amide bonds. The van der Waals surface area contributed by atoms with Gasteiger partial charge < -0.3 is 4.42 Å². The van der Waals surface area contributed by atoms with Gasteiger partial charge in [-0.15, -0.1) is 0 Å². The zero-order chi connectivity index (χ0) is 19.7. The summed E-state index contributed by atoms with van der Waals surface area (Å²) in [6, 6.07) is 16.0. The van der Waals surface area contributed by atoms with Crippen LogP contribution < -0.4 is 4.90 Å². The summed E-state index contributed by atoms with van der Waals surface area (Å²) in [5.41, 5.74) is 5.46. The van der Waals surface area contributed by atoms with E-state index in [9.17, 15) is 4.79 Å². The molecule has 0 aliphatic rings. The highest BCUT2D eigenvalue weighted by Gasteiger charge is 2.22. The van der Waals surface area contributed by atoms with Crippen LogP contribution in [0.2, 0.25) is 0 Å². The van der Waals surface area contributed by atoms with E-state index in [1.54, 1.807) is 22.5 Å². The van der Waals surface area contributed by atoms with Crippen molar-refractivity contribution >= 4 is 32.6 Å². The van der Waals surface area contributed by atoms with E-state index in [2.05, 4.69) is 26.0 Å². The largest absolute Gasteiger partial charge is 0.467 e. The number of aromatic nitrogens is 1. The molecule has 0 radical (unpaired) electrons. The molecule has 0 unspecified atom stereocenters. The second-order valence-corrected chi connectivity index (χ2v) is 8.16. The van der Waals surface area contributed by atoms with E-state index in [1.165, 1.54) is 11.1 Å². The number of hydrogen-bond acceptors (Lipinski definition) is 4. The van der Waals surface area contributed by atoms with Crippen molar-refractivity contribution in [2.24, 2.45) is 0 Å². The van der Waals surface area contributed by atoms with Crippen molar-refractivity contribution < 1.29 is 9.21 Å². The van der Waals surface area contributed by atoms with Crippen LogP contribution in [0.25, 0.3) is 10.2 Å². The van der Waals surface area contributed by atoms with Crippen LogP contribution in [0.1, 0.15) is 28.0 Å². The lowest BCUT2D eigenvalue weighted by Gasteiger charge is -2.19. The maximum Gasteiger partial charge on any atom is 0.233 e. The predicted octanol–water partition coefficient (Wildman–Crippen LogP) is 5.59. The Hall–Kier alpha value is -2.92. The fourth-order valence-electron chi connectivity index (χ4n) is 3.27. The summed E-state index contributed by atoms with van der Waals surface area (Å²) >= 11 is 1.55. The number of anilines is 1. The minimum atomic E-state index is 0.00804. The van der Waals surface area contributed by atoms with Crippen molar-refractivity contribution in [3.8, 4) is 0 Å². The maximum atomic E-state index is 13.2. The molecule has 0 aliphatic carbocycles. The number of nitrogens with zero attached hydrogens (tertiary/aromatic N) is 2. The Bertz CT molecular complexity index is 1110. The standard InChI is InChI=1S/C23H22N2O2S/c1-15-6-8-18(9-7-15)13-21(26)25(14-19-5-4-10-27-19)23-24-22-17(3)11-16(2)12-20(22)28-23/h4-12H,13-14H2,1-3H3. The predicted molar refractivity (Wildman–Crippen MR) is 114 cm³/mol. The molecule has 2 aromatic heterocycles. The number of amides is 1. The van der Waals surface area contributed by atoms with E-state index in [1.807, 2.05) is 43.3 Å². The van der Waals surface area contributed by atoms with Gasteiger partial charge in [-0.3, -0.25) is 9.69 Å². The van der Waals surface area contributed by atoms with Crippen LogP contribution in [-0.4, -0.2) is 10.9 Å². The van der Waals surface area contributed by atoms with Crippen LogP contribution in [0.4, 0.5) is 5.13 Å². The molecule has 0 N–H and O–H groups in total. The molecule has 142 valence electrons. The number of aryl methyl sites for hydroxylation is 3. The average Bonchev–Trinajstić information content (AvgIpc) is 3.31. The highest BCUT2D eigenvalue weighted by atomic mass is 32.1. The van der Waals surface area contributed by atoms with Crippen molar-refractivity contribution in [3.63, 3.8) is 0 Å². The molecule has 0 spiro atoms. The van der Waals surface area contributed by atoms with Gasteiger partial charge in [0, 0.05) is 0 Å². The molecule has 0 aliphatic heterocycles. The number of thiazole rings is 1. The Morgan fingerprint density at radius 2 is 1.86 bits per heavy atom. The van der Waals surface area contributed by atoms with E-state index in [0.717, 1.165) is 27.1 Å². The molecule has 5 heteroatoms. The smallest absolute Gasteiger partial charge is 0.233 e. The molecule has 2 aromatic carbocycles. The average molecular weight is 391 g/mol. The molecule has 28 heavy (non-hydrogen) atoms. The first kappa shape index (κ1) is 18.4. The monoisotopic (exact) mass is 390 g/mol.